The number of para-hydroxylation sites is 3. The Balaban J connectivity index is 1.60. The molecular weight excluding hydrogens is 394 g/mol. The van der Waals surface area contributed by atoms with E-state index in [2.05, 4.69) is 5.32 Å². The first-order valence-electron chi connectivity index (χ1n) is 10.0. The van der Waals surface area contributed by atoms with Crippen molar-refractivity contribution in [2.24, 2.45) is 0 Å². The van der Waals surface area contributed by atoms with Crippen LogP contribution in [0.2, 0.25) is 0 Å². The zero-order chi connectivity index (χ0) is 21.4. The van der Waals surface area contributed by atoms with Crippen LogP contribution in [0.25, 0.3) is 11.0 Å². The second-order valence-electron chi connectivity index (χ2n) is 7.12. The molecule has 1 aliphatic heterocycles. The standard InChI is InChI=1S/C25H19NO5/c1-2-29-25(28)23-22(17-11-5-8-14-20(17)31-23)26-24(27)21-15-9-3-6-12-18(15)30-19-13-7-4-10-16(19)21/h3-14,21H,2H2,1H3,(H,26,27). The van der Waals surface area contributed by atoms with E-state index in [9.17, 15) is 9.59 Å². The molecule has 1 N–H and O–H groups in total. The van der Waals surface area contributed by atoms with E-state index in [0.29, 0.717) is 28.2 Å². The lowest BCUT2D eigenvalue weighted by molar-refractivity contribution is -0.116. The summed E-state index contributed by atoms with van der Waals surface area (Å²) in [5, 5.41) is 3.57. The van der Waals surface area contributed by atoms with E-state index in [-0.39, 0.29) is 18.3 Å². The van der Waals surface area contributed by atoms with Crippen molar-refractivity contribution >= 4 is 28.5 Å². The van der Waals surface area contributed by atoms with Crippen molar-refractivity contribution in [1.82, 2.24) is 0 Å². The van der Waals surface area contributed by atoms with Gasteiger partial charge in [-0.2, -0.15) is 0 Å². The largest absolute Gasteiger partial charge is 0.460 e. The van der Waals surface area contributed by atoms with E-state index in [1.54, 1.807) is 25.1 Å². The predicted octanol–water partition coefficient (Wildman–Crippen LogP) is 5.49. The maximum Gasteiger partial charge on any atom is 0.376 e. The summed E-state index contributed by atoms with van der Waals surface area (Å²) in [5.41, 5.74) is 2.31. The van der Waals surface area contributed by atoms with Gasteiger partial charge in [0.05, 0.1) is 12.5 Å². The van der Waals surface area contributed by atoms with Crippen molar-refractivity contribution in [3.8, 4) is 11.5 Å². The Hall–Kier alpha value is -4.06. The van der Waals surface area contributed by atoms with E-state index in [0.717, 1.165) is 11.1 Å². The van der Waals surface area contributed by atoms with Crippen LogP contribution in [0.1, 0.15) is 34.5 Å². The van der Waals surface area contributed by atoms with E-state index < -0.39 is 11.9 Å². The van der Waals surface area contributed by atoms with Crippen molar-refractivity contribution in [3.63, 3.8) is 0 Å². The highest BCUT2D eigenvalue weighted by Crippen LogP contribution is 2.44. The molecule has 0 spiro atoms. The minimum atomic E-state index is -0.623. The number of hydrogen-bond acceptors (Lipinski definition) is 5. The van der Waals surface area contributed by atoms with E-state index in [4.69, 9.17) is 13.9 Å². The Morgan fingerprint density at radius 1 is 0.903 bits per heavy atom. The van der Waals surface area contributed by atoms with Gasteiger partial charge in [-0.25, -0.2) is 4.79 Å². The molecule has 4 aromatic rings. The first-order chi connectivity index (χ1) is 15.2. The molecule has 1 amide bonds. The average Bonchev–Trinajstić information content (AvgIpc) is 3.16. The van der Waals surface area contributed by atoms with Crippen LogP contribution in [0.3, 0.4) is 0 Å². The summed E-state index contributed by atoms with van der Waals surface area (Å²) in [5.74, 6) is -0.287. The predicted molar refractivity (Wildman–Crippen MR) is 116 cm³/mol. The second kappa shape index (κ2) is 7.65. The van der Waals surface area contributed by atoms with Crippen LogP contribution in [0.15, 0.2) is 77.2 Å². The molecular formula is C25H19NO5. The third-order valence-corrected chi connectivity index (χ3v) is 5.25. The SMILES string of the molecule is CCOC(=O)c1oc2ccccc2c1NC(=O)C1c2ccccc2Oc2ccccc21. The smallest absolute Gasteiger partial charge is 0.376 e. The Morgan fingerprint density at radius 3 is 2.19 bits per heavy atom. The van der Waals surface area contributed by atoms with E-state index >= 15 is 0 Å². The fourth-order valence-corrected chi connectivity index (χ4v) is 3.90. The molecule has 1 aromatic heterocycles. The lowest BCUT2D eigenvalue weighted by Crippen LogP contribution is -2.25. The van der Waals surface area contributed by atoms with Crippen LogP contribution in [0.5, 0.6) is 11.5 Å². The average molecular weight is 413 g/mol. The van der Waals surface area contributed by atoms with Crippen LogP contribution in [0, 0.1) is 0 Å². The van der Waals surface area contributed by atoms with Gasteiger partial charge < -0.3 is 19.2 Å². The molecule has 0 atom stereocenters. The Bertz CT molecular complexity index is 1260. The summed E-state index contributed by atoms with van der Waals surface area (Å²) in [6.07, 6.45) is 0. The van der Waals surface area contributed by atoms with Crippen LogP contribution in [0.4, 0.5) is 5.69 Å². The highest BCUT2D eigenvalue weighted by atomic mass is 16.5. The number of nitrogens with one attached hydrogen (secondary N) is 1. The first kappa shape index (κ1) is 18.9. The fraction of sp³-hybridized carbons (Fsp3) is 0.120. The van der Waals surface area contributed by atoms with Crippen LogP contribution >= 0.6 is 0 Å². The number of anilines is 1. The number of rotatable bonds is 4. The second-order valence-corrected chi connectivity index (χ2v) is 7.12. The maximum atomic E-state index is 13.6. The zero-order valence-electron chi connectivity index (χ0n) is 16.8. The molecule has 0 unspecified atom stereocenters. The van der Waals surface area contributed by atoms with Crippen LogP contribution in [-0.4, -0.2) is 18.5 Å². The molecule has 31 heavy (non-hydrogen) atoms. The van der Waals surface area contributed by atoms with Gasteiger partial charge in [0.15, 0.2) is 0 Å². The molecule has 5 rings (SSSR count). The lowest BCUT2D eigenvalue weighted by atomic mass is 9.87. The summed E-state index contributed by atoms with van der Waals surface area (Å²) in [4.78, 5) is 26.1. The zero-order valence-corrected chi connectivity index (χ0v) is 16.8. The highest BCUT2D eigenvalue weighted by Gasteiger charge is 2.34. The maximum absolute atomic E-state index is 13.6. The molecule has 0 aliphatic carbocycles. The van der Waals surface area contributed by atoms with Gasteiger partial charge in [0.1, 0.15) is 22.8 Å². The molecule has 1 aliphatic rings. The molecule has 2 heterocycles. The molecule has 6 heteroatoms. The molecule has 6 nitrogen and oxygen atoms in total. The number of esters is 1. The van der Waals surface area contributed by atoms with Crippen molar-refractivity contribution in [2.75, 3.05) is 11.9 Å². The van der Waals surface area contributed by atoms with Gasteiger partial charge in [-0.05, 0) is 31.2 Å². The molecule has 0 radical (unpaired) electrons. The molecule has 3 aromatic carbocycles. The van der Waals surface area contributed by atoms with Gasteiger partial charge in [0.25, 0.3) is 0 Å². The van der Waals surface area contributed by atoms with Crippen LogP contribution < -0.4 is 10.1 Å². The summed E-state index contributed by atoms with van der Waals surface area (Å²) < 4.78 is 16.8. The normalized spacial score (nSPS) is 12.5. The summed E-state index contributed by atoms with van der Waals surface area (Å²) in [7, 11) is 0. The van der Waals surface area contributed by atoms with Crippen molar-refractivity contribution < 1.29 is 23.5 Å². The molecule has 0 bridgehead atoms. The third-order valence-electron chi connectivity index (χ3n) is 5.25. The van der Waals surface area contributed by atoms with Gasteiger partial charge in [0, 0.05) is 16.5 Å². The number of amides is 1. The monoisotopic (exact) mass is 413 g/mol. The number of benzene rings is 3. The quantitative estimate of drug-likeness (QED) is 0.448. The lowest BCUT2D eigenvalue weighted by Gasteiger charge is -2.27. The number of ether oxygens (including phenoxy) is 2. The Labute approximate surface area is 178 Å². The molecule has 154 valence electrons. The topological polar surface area (TPSA) is 77.8 Å². The number of furan rings is 1. The Kier molecular flexibility index (Phi) is 4.67. The minimum absolute atomic E-state index is 0.0231. The highest BCUT2D eigenvalue weighted by molar-refractivity contribution is 6.11. The molecule has 0 saturated carbocycles. The van der Waals surface area contributed by atoms with Crippen molar-refractivity contribution in [1.29, 1.82) is 0 Å². The fourth-order valence-electron chi connectivity index (χ4n) is 3.90. The van der Waals surface area contributed by atoms with Crippen LogP contribution in [-0.2, 0) is 9.53 Å². The first-order valence-corrected chi connectivity index (χ1v) is 10.0. The number of fused-ring (bicyclic) bond motifs is 3. The number of carbonyl (C=O) groups is 2. The Morgan fingerprint density at radius 2 is 1.52 bits per heavy atom. The summed E-state index contributed by atoms with van der Waals surface area (Å²) >= 11 is 0. The number of carbonyl (C=O) groups excluding carboxylic acids is 2. The summed E-state index contributed by atoms with van der Waals surface area (Å²) in [6, 6.07) is 22.0. The van der Waals surface area contributed by atoms with E-state index in [1.807, 2.05) is 54.6 Å². The van der Waals surface area contributed by atoms with Gasteiger partial charge in [0.2, 0.25) is 11.7 Å². The van der Waals surface area contributed by atoms with Gasteiger partial charge in [-0.15, -0.1) is 0 Å². The molecule has 0 saturated heterocycles. The number of hydrogen-bond donors (Lipinski definition) is 1. The third kappa shape index (κ3) is 3.22. The van der Waals surface area contributed by atoms with Gasteiger partial charge >= 0.3 is 5.97 Å². The molecule has 0 fully saturated rings. The van der Waals surface area contributed by atoms with Crippen molar-refractivity contribution in [3.05, 3.63) is 89.7 Å². The van der Waals surface area contributed by atoms with Gasteiger partial charge in [-0.1, -0.05) is 48.5 Å². The minimum Gasteiger partial charge on any atom is -0.460 e. The van der Waals surface area contributed by atoms with Gasteiger partial charge in [-0.3, -0.25) is 4.79 Å². The van der Waals surface area contributed by atoms with Crippen molar-refractivity contribution in [2.45, 2.75) is 12.8 Å². The van der Waals surface area contributed by atoms with E-state index in [1.165, 1.54) is 0 Å². The summed E-state index contributed by atoms with van der Waals surface area (Å²) in [6.45, 7) is 1.92.